The molecule has 0 aliphatic rings. The number of hydrogen-bond donors (Lipinski definition) is 1. The van der Waals surface area contributed by atoms with Gasteiger partial charge in [0.15, 0.2) is 0 Å². The summed E-state index contributed by atoms with van der Waals surface area (Å²) in [6.45, 7) is 2.09. The van der Waals surface area contributed by atoms with Crippen molar-refractivity contribution in [1.82, 2.24) is 9.97 Å². The summed E-state index contributed by atoms with van der Waals surface area (Å²) >= 11 is 0. The number of hydrogen-bond acceptors (Lipinski definition) is 3. The highest BCUT2D eigenvalue weighted by molar-refractivity contribution is 5.24. The Bertz CT molecular complexity index is 455. The van der Waals surface area contributed by atoms with Crippen LogP contribution in [0.2, 0.25) is 0 Å². The fourth-order valence-electron chi connectivity index (χ4n) is 1.95. The van der Waals surface area contributed by atoms with Gasteiger partial charge in [0.05, 0.1) is 0 Å². The molecule has 0 bridgehead atoms. The topological polar surface area (TPSA) is 51.8 Å². The fraction of sp³-hybridized carbons (Fsp3) is 0.286. The lowest BCUT2D eigenvalue weighted by Gasteiger charge is -2.28. The van der Waals surface area contributed by atoms with Gasteiger partial charge in [0, 0.05) is 23.5 Å². The predicted molar refractivity (Wildman–Crippen MR) is 68.3 cm³/mol. The number of rotatable bonds is 4. The van der Waals surface area contributed by atoms with E-state index in [1.165, 1.54) is 11.9 Å². The summed E-state index contributed by atoms with van der Waals surface area (Å²) in [5.74, 6) is 0. The van der Waals surface area contributed by atoms with E-state index in [1.54, 1.807) is 12.4 Å². The Morgan fingerprint density at radius 2 is 1.76 bits per heavy atom. The van der Waals surface area contributed by atoms with Crippen LogP contribution in [-0.4, -0.2) is 9.97 Å². The third-order valence-electron chi connectivity index (χ3n) is 3.13. The van der Waals surface area contributed by atoms with Gasteiger partial charge in [-0.05, 0) is 18.4 Å². The van der Waals surface area contributed by atoms with Gasteiger partial charge in [-0.2, -0.15) is 0 Å². The third-order valence-corrected chi connectivity index (χ3v) is 3.13. The van der Waals surface area contributed by atoms with Gasteiger partial charge in [0.2, 0.25) is 0 Å². The molecule has 0 saturated heterocycles. The molecule has 1 aromatic carbocycles. The van der Waals surface area contributed by atoms with E-state index in [2.05, 4.69) is 29.0 Å². The highest BCUT2D eigenvalue weighted by atomic mass is 14.8. The summed E-state index contributed by atoms with van der Waals surface area (Å²) in [6, 6.07) is 10.3. The maximum Gasteiger partial charge on any atom is 0.115 e. The quantitative estimate of drug-likeness (QED) is 0.871. The van der Waals surface area contributed by atoms with Crippen LogP contribution in [0, 0.1) is 0 Å². The van der Waals surface area contributed by atoms with Gasteiger partial charge in [0.1, 0.15) is 6.33 Å². The summed E-state index contributed by atoms with van der Waals surface area (Å²) in [4.78, 5) is 8.10. The van der Waals surface area contributed by atoms with E-state index in [9.17, 15) is 0 Å². The van der Waals surface area contributed by atoms with Crippen LogP contribution in [-0.2, 0) is 12.0 Å². The van der Waals surface area contributed by atoms with Gasteiger partial charge in [0.25, 0.3) is 0 Å². The minimum atomic E-state index is -0.386. The van der Waals surface area contributed by atoms with Crippen molar-refractivity contribution in [2.45, 2.75) is 25.3 Å². The summed E-state index contributed by atoms with van der Waals surface area (Å²) in [7, 11) is 0. The summed E-state index contributed by atoms with van der Waals surface area (Å²) in [6.07, 6.45) is 6.80. The Morgan fingerprint density at radius 3 is 2.35 bits per heavy atom. The van der Waals surface area contributed by atoms with Crippen LogP contribution in [0.1, 0.15) is 24.5 Å². The zero-order valence-corrected chi connectivity index (χ0v) is 10.0. The van der Waals surface area contributed by atoms with Gasteiger partial charge < -0.3 is 5.73 Å². The monoisotopic (exact) mass is 227 g/mol. The molecule has 0 aliphatic heterocycles. The lowest BCUT2D eigenvalue weighted by molar-refractivity contribution is 0.422. The number of nitrogens with two attached hydrogens (primary N) is 1. The molecule has 2 rings (SSSR count). The number of nitrogens with zero attached hydrogens (tertiary/aromatic N) is 2. The molecule has 3 heteroatoms. The van der Waals surface area contributed by atoms with Crippen molar-refractivity contribution in [2.24, 2.45) is 5.73 Å². The van der Waals surface area contributed by atoms with E-state index in [-0.39, 0.29) is 5.54 Å². The number of benzene rings is 1. The van der Waals surface area contributed by atoms with Crippen LogP contribution >= 0.6 is 0 Å². The molecule has 1 aromatic heterocycles. The first-order valence-electron chi connectivity index (χ1n) is 5.83. The van der Waals surface area contributed by atoms with Gasteiger partial charge in [-0.1, -0.05) is 37.3 Å². The molecule has 2 aromatic rings. The van der Waals surface area contributed by atoms with E-state index >= 15 is 0 Å². The minimum Gasteiger partial charge on any atom is -0.321 e. The summed E-state index contributed by atoms with van der Waals surface area (Å²) in [5.41, 5.74) is 8.31. The third kappa shape index (κ3) is 2.68. The first-order chi connectivity index (χ1) is 8.24. The maximum absolute atomic E-state index is 6.47. The van der Waals surface area contributed by atoms with Crippen LogP contribution < -0.4 is 5.73 Å². The zero-order valence-electron chi connectivity index (χ0n) is 10.0. The minimum absolute atomic E-state index is 0.386. The Kier molecular flexibility index (Phi) is 3.49. The molecule has 0 saturated carbocycles. The predicted octanol–water partition coefficient (Wildman–Crippen LogP) is 2.28. The van der Waals surface area contributed by atoms with E-state index < -0.39 is 0 Å². The second-order valence-corrected chi connectivity index (χ2v) is 4.30. The molecule has 1 heterocycles. The van der Waals surface area contributed by atoms with Crippen molar-refractivity contribution in [1.29, 1.82) is 0 Å². The van der Waals surface area contributed by atoms with Crippen molar-refractivity contribution in [3.8, 4) is 0 Å². The molecule has 3 nitrogen and oxygen atoms in total. The first kappa shape index (κ1) is 11.7. The molecule has 17 heavy (non-hydrogen) atoms. The van der Waals surface area contributed by atoms with E-state index in [0.717, 1.165) is 18.4 Å². The summed E-state index contributed by atoms with van der Waals surface area (Å²) in [5, 5.41) is 0. The maximum atomic E-state index is 6.47. The molecular weight excluding hydrogens is 210 g/mol. The summed E-state index contributed by atoms with van der Waals surface area (Å²) < 4.78 is 0. The Morgan fingerprint density at radius 1 is 1.12 bits per heavy atom. The molecule has 0 fully saturated rings. The molecule has 1 unspecified atom stereocenters. The second-order valence-electron chi connectivity index (χ2n) is 4.30. The van der Waals surface area contributed by atoms with Gasteiger partial charge in [-0.15, -0.1) is 0 Å². The first-order valence-corrected chi connectivity index (χ1v) is 5.83. The SMILES string of the molecule is CCC(N)(Cc1ccccc1)c1cncnc1. The van der Waals surface area contributed by atoms with Gasteiger partial charge in [-0.25, -0.2) is 9.97 Å². The van der Waals surface area contributed by atoms with Crippen LogP contribution in [0.15, 0.2) is 49.1 Å². The lowest BCUT2D eigenvalue weighted by Crippen LogP contribution is -2.38. The largest absolute Gasteiger partial charge is 0.321 e. The highest BCUT2D eigenvalue weighted by Crippen LogP contribution is 2.25. The Balaban J connectivity index is 2.27. The van der Waals surface area contributed by atoms with E-state index in [4.69, 9.17) is 5.73 Å². The molecular formula is C14H17N3. The second kappa shape index (κ2) is 5.06. The van der Waals surface area contributed by atoms with Crippen LogP contribution in [0.5, 0.6) is 0 Å². The molecule has 1 atom stereocenters. The Hall–Kier alpha value is -1.74. The zero-order chi connectivity index (χ0) is 12.1. The van der Waals surface area contributed by atoms with Gasteiger partial charge in [-0.3, -0.25) is 0 Å². The average molecular weight is 227 g/mol. The van der Waals surface area contributed by atoms with Crippen molar-refractivity contribution in [3.05, 3.63) is 60.2 Å². The van der Waals surface area contributed by atoms with Crippen molar-refractivity contribution >= 4 is 0 Å². The number of aromatic nitrogens is 2. The van der Waals surface area contributed by atoms with Crippen molar-refractivity contribution < 1.29 is 0 Å². The normalized spacial score (nSPS) is 14.2. The molecule has 0 aliphatic carbocycles. The van der Waals surface area contributed by atoms with Gasteiger partial charge >= 0.3 is 0 Å². The van der Waals surface area contributed by atoms with Crippen molar-refractivity contribution in [2.75, 3.05) is 0 Å². The lowest BCUT2D eigenvalue weighted by atomic mass is 9.84. The smallest absolute Gasteiger partial charge is 0.115 e. The van der Waals surface area contributed by atoms with Crippen LogP contribution in [0.4, 0.5) is 0 Å². The van der Waals surface area contributed by atoms with Crippen molar-refractivity contribution in [3.63, 3.8) is 0 Å². The average Bonchev–Trinajstić information content (AvgIpc) is 2.41. The van der Waals surface area contributed by atoms with E-state index in [0.29, 0.717) is 0 Å². The highest BCUT2D eigenvalue weighted by Gasteiger charge is 2.26. The fourth-order valence-corrected chi connectivity index (χ4v) is 1.95. The standard InChI is InChI=1S/C14H17N3/c1-2-14(15,13-9-16-11-17-10-13)8-12-6-4-3-5-7-12/h3-7,9-11H,2,8,15H2,1H3. The Labute approximate surface area is 102 Å². The molecule has 0 spiro atoms. The molecule has 2 N–H and O–H groups in total. The van der Waals surface area contributed by atoms with E-state index in [1.807, 2.05) is 18.2 Å². The molecule has 88 valence electrons. The van der Waals surface area contributed by atoms with Crippen LogP contribution in [0.3, 0.4) is 0 Å². The molecule has 0 amide bonds. The molecule has 0 radical (unpaired) electrons. The van der Waals surface area contributed by atoms with Crippen LogP contribution in [0.25, 0.3) is 0 Å².